The van der Waals surface area contributed by atoms with Gasteiger partial charge in [0.05, 0.1) is 12.1 Å². The zero-order chi connectivity index (χ0) is 9.54. The molecule has 0 saturated carbocycles. The van der Waals surface area contributed by atoms with Crippen LogP contribution < -0.4 is 5.32 Å². The van der Waals surface area contributed by atoms with Gasteiger partial charge in [0.15, 0.2) is 0 Å². The SMILES string of the molecule is O[C@@H]1CNC[C@H]1N1C2C=CCC1CC2. The first kappa shape index (κ1) is 8.89. The molecule has 2 bridgehead atoms. The summed E-state index contributed by atoms with van der Waals surface area (Å²) in [7, 11) is 0. The minimum atomic E-state index is -0.162. The second-order valence-electron chi connectivity index (χ2n) is 4.70. The van der Waals surface area contributed by atoms with E-state index in [-0.39, 0.29) is 6.10 Å². The largest absolute Gasteiger partial charge is 0.390 e. The molecule has 4 atom stereocenters. The number of nitrogens with one attached hydrogen (secondary N) is 1. The van der Waals surface area contributed by atoms with E-state index in [1.165, 1.54) is 19.3 Å². The predicted molar refractivity (Wildman–Crippen MR) is 55.1 cm³/mol. The first-order valence-corrected chi connectivity index (χ1v) is 5.69. The zero-order valence-electron chi connectivity index (χ0n) is 8.39. The lowest BCUT2D eigenvalue weighted by molar-refractivity contribution is 0.0572. The fraction of sp³-hybridized carbons (Fsp3) is 0.818. The normalized spacial score (nSPS) is 47.5. The van der Waals surface area contributed by atoms with E-state index < -0.39 is 0 Å². The van der Waals surface area contributed by atoms with Gasteiger partial charge in [-0.2, -0.15) is 0 Å². The highest BCUT2D eigenvalue weighted by Crippen LogP contribution is 2.34. The number of hydrogen-bond acceptors (Lipinski definition) is 3. The molecule has 2 saturated heterocycles. The Kier molecular flexibility index (Phi) is 2.11. The minimum Gasteiger partial charge on any atom is -0.390 e. The molecular weight excluding hydrogens is 176 g/mol. The Morgan fingerprint density at radius 2 is 2.21 bits per heavy atom. The van der Waals surface area contributed by atoms with Crippen molar-refractivity contribution < 1.29 is 5.11 Å². The second-order valence-corrected chi connectivity index (χ2v) is 4.70. The number of fused-ring (bicyclic) bond motifs is 2. The summed E-state index contributed by atoms with van der Waals surface area (Å²) in [4.78, 5) is 2.55. The Morgan fingerprint density at radius 1 is 1.29 bits per heavy atom. The molecule has 0 aromatic carbocycles. The van der Waals surface area contributed by atoms with E-state index in [0.717, 1.165) is 13.1 Å². The van der Waals surface area contributed by atoms with Gasteiger partial charge in [0.25, 0.3) is 0 Å². The minimum absolute atomic E-state index is 0.162. The summed E-state index contributed by atoms with van der Waals surface area (Å²) in [6.07, 6.45) is 8.25. The van der Waals surface area contributed by atoms with Crippen LogP contribution in [0.5, 0.6) is 0 Å². The Morgan fingerprint density at radius 3 is 2.93 bits per heavy atom. The van der Waals surface area contributed by atoms with Gasteiger partial charge in [-0.3, -0.25) is 4.90 Å². The quantitative estimate of drug-likeness (QED) is 0.582. The van der Waals surface area contributed by atoms with Crippen molar-refractivity contribution in [2.75, 3.05) is 13.1 Å². The molecule has 78 valence electrons. The molecule has 3 heterocycles. The lowest BCUT2D eigenvalue weighted by atomic mass is 10.0. The molecule has 2 unspecified atom stereocenters. The first-order valence-electron chi connectivity index (χ1n) is 5.69. The van der Waals surface area contributed by atoms with Gasteiger partial charge in [-0.25, -0.2) is 0 Å². The van der Waals surface area contributed by atoms with Crippen molar-refractivity contribution in [3.05, 3.63) is 12.2 Å². The van der Waals surface area contributed by atoms with Crippen LogP contribution in [0, 0.1) is 0 Å². The van der Waals surface area contributed by atoms with Crippen LogP contribution in [0.4, 0.5) is 0 Å². The van der Waals surface area contributed by atoms with Crippen molar-refractivity contribution >= 4 is 0 Å². The van der Waals surface area contributed by atoms with Gasteiger partial charge >= 0.3 is 0 Å². The van der Waals surface area contributed by atoms with E-state index in [9.17, 15) is 5.11 Å². The van der Waals surface area contributed by atoms with E-state index in [4.69, 9.17) is 0 Å². The molecular formula is C11H18N2O. The highest BCUT2D eigenvalue weighted by atomic mass is 16.3. The topological polar surface area (TPSA) is 35.5 Å². The lowest BCUT2D eigenvalue weighted by Gasteiger charge is -2.37. The van der Waals surface area contributed by atoms with Gasteiger partial charge in [0, 0.05) is 25.2 Å². The van der Waals surface area contributed by atoms with Gasteiger partial charge < -0.3 is 10.4 Å². The summed E-state index contributed by atoms with van der Waals surface area (Å²) in [5.74, 6) is 0. The molecule has 2 N–H and O–H groups in total. The molecule has 0 aromatic rings. The van der Waals surface area contributed by atoms with Crippen LogP contribution in [0.3, 0.4) is 0 Å². The van der Waals surface area contributed by atoms with E-state index in [1.807, 2.05) is 0 Å². The van der Waals surface area contributed by atoms with Gasteiger partial charge in [-0.15, -0.1) is 0 Å². The Hall–Kier alpha value is -0.380. The molecule has 2 fully saturated rings. The molecule has 0 aliphatic carbocycles. The number of aliphatic hydroxyl groups excluding tert-OH is 1. The van der Waals surface area contributed by atoms with Crippen LogP contribution >= 0.6 is 0 Å². The third-order valence-corrected chi connectivity index (χ3v) is 3.90. The monoisotopic (exact) mass is 194 g/mol. The Labute approximate surface area is 84.8 Å². The van der Waals surface area contributed by atoms with Crippen LogP contribution in [0.15, 0.2) is 12.2 Å². The van der Waals surface area contributed by atoms with E-state index in [2.05, 4.69) is 22.4 Å². The summed E-state index contributed by atoms with van der Waals surface area (Å²) in [6, 6.07) is 1.66. The summed E-state index contributed by atoms with van der Waals surface area (Å²) in [5, 5.41) is 13.1. The first-order chi connectivity index (χ1) is 6.86. The maximum atomic E-state index is 9.88. The number of nitrogens with zero attached hydrogens (tertiary/aromatic N) is 1. The predicted octanol–water partition coefficient (Wildman–Crippen LogP) is 0.112. The molecule has 0 spiro atoms. The van der Waals surface area contributed by atoms with Gasteiger partial charge in [-0.05, 0) is 19.3 Å². The third-order valence-electron chi connectivity index (χ3n) is 3.90. The van der Waals surface area contributed by atoms with Crippen LogP contribution in [0.2, 0.25) is 0 Å². The summed E-state index contributed by atoms with van der Waals surface area (Å²) >= 11 is 0. The number of aliphatic hydroxyl groups is 1. The molecule has 3 rings (SSSR count). The van der Waals surface area contributed by atoms with Crippen LogP contribution in [-0.4, -0.2) is 47.3 Å². The van der Waals surface area contributed by atoms with Crippen molar-refractivity contribution in [3.8, 4) is 0 Å². The molecule has 0 radical (unpaired) electrons. The summed E-state index contributed by atoms with van der Waals surface area (Å²) < 4.78 is 0. The Bertz CT molecular complexity index is 254. The van der Waals surface area contributed by atoms with E-state index >= 15 is 0 Å². The molecule has 3 nitrogen and oxygen atoms in total. The van der Waals surface area contributed by atoms with Crippen LogP contribution in [0.1, 0.15) is 19.3 Å². The molecule has 14 heavy (non-hydrogen) atoms. The highest BCUT2D eigenvalue weighted by molar-refractivity contribution is 5.11. The average molecular weight is 194 g/mol. The van der Waals surface area contributed by atoms with Gasteiger partial charge in [0.1, 0.15) is 0 Å². The van der Waals surface area contributed by atoms with Crippen molar-refractivity contribution in [2.45, 2.75) is 43.5 Å². The van der Waals surface area contributed by atoms with Crippen molar-refractivity contribution in [1.29, 1.82) is 0 Å². The fourth-order valence-corrected chi connectivity index (χ4v) is 3.23. The molecule has 3 aliphatic heterocycles. The van der Waals surface area contributed by atoms with Gasteiger partial charge in [0.2, 0.25) is 0 Å². The molecule has 3 aliphatic rings. The maximum absolute atomic E-state index is 9.88. The van der Waals surface area contributed by atoms with E-state index in [1.54, 1.807) is 0 Å². The molecule has 0 aromatic heterocycles. The smallest absolute Gasteiger partial charge is 0.0832 e. The second kappa shape index (κ2) is 3.33. The highest BCUT2D eigenvalue weighted by Gasteiger charge is 2.42. The van der Waals surface area contributed by atoms with Crippen LogP contribution in [0.25, 0.3) is 0 Å². The van der Waals surface area contributed by atoms with Crippen LogP contribution in [-0.2, 0) is 0 Å². The van der Waals surface area contributed by atoms with Crippen molar-refractivity contribution in [2.24, 2.45) is 0 Å². The van der Waals surface area contributed by atoms with Gasteiger partial charge in [-0.1, -0.05) is 12.2 Å². The Balaban J connectivity index is 1.81. The zero-order valence-corrected chi connectivity index (χ0v) is 8.39. The van der Waals surface area contributed by atoms with Crippen molar-refractivity contribution in [3.63, 3.8) is 0 Å². The summed E-state index contributed by atoms with van der Waals surface area (Å²) in [6.45, 7) is 1.73. The number of rotatable bonds is 1. The molecule has 3 heteroatoms. The standard InChI is InChI=1S/C11H18N2O/c14-11-7-12-6-10(11)13-8-2-1-3-9(13)5-4-8/h1-2,8-12,14H,3-7H2/t8?,9?,10-,11-/m1/s1. The molecule has 0 amide bonds. The number of hydrogen-bond donors (Lipinski definition) is 2. The lowest BCUT2D eigenvalue weighted by Crippen LogP contribution is -2.50. The van der Waals surface area contributed by atoms with E-state index in [0.29, 0.717) is 18.1 Å². The number of β-amino-alcohol motifs (C(OH)–C–C–N with tert-alkyl or cyclic N) is 1. The maximum Gasteiger partial charge on any atom is 0.0832 e. The fourth-order valence-electron chi connectivity index (χ4n) is 3.23. The summed E-state index contributed by atoms with van der Waals surface area (Å²) in [5.41, 5.74) is 0. The van der Waals surface area contributed by atoms with Crippen molar-refractivity contribution in [1.82, 2.24) is 10.2 Å². The third kappa shape index (κ3) is 1.23. The average Bonchev–Trinajstić information content (AvgIpc) is 2.67.